The van der Waals surface area contributed by atoms with E-state index in [0.29, 0.717) is 17.4 Å². The molecule has 0 bridgehead atoms. The van der Waals surface area contributed by atoms with E-state index < -0.39 is 6.09 Å². The number of benzene rings is 2. The highest BCUT2D eigenvalue weighted by molar-refractivity contribution is 7.95. The largest absolute Gasteiger partial charge is 0.445 e. The molecule has 0 unspecified atom stereocenters. The number of unbranched alkanes of at least 4 members (excludes halogenated alkanes) is 2. The summed E-state index contributed by atoms with van der Waals surface area (Å²) >= 11 is 2.33. The van der Waals surface area contributed by atoms with Crippen molar-refractivity contribution in [1.29, 1.82) is 0 Å². The fourth-order valence-electron chi connectivity index (χ4n) is 2.61. The van der Waals surface area contributed by atoms with Crippen molar-refractivity contribution in [2.45, 2.75) is 32.3 Å². The van der Waals surface area contributed by atoms with E-state index in [-0.39, 0.29) is 12.5 Å². The quantitative estimate of drug-likeness (QED) is 0.233. The van der Waals surface area contributed by atoms with Gasteiger partial charge in [-0.25, -0.2) is 4.79 Å². The number of rotatable bonds is 11. The van der Waals surface area contributed by atoms with Crippen molar-refractivity contribution in [3.05, 3.63) is 66.2 Å². The van der Waals surface area contributed by atoms with Crippen LogP contribution in [0.3, 0.4) is 0 Å². The van der Waals surface area contributed by atoms with Crippen LogP contribution in [0.25, 0.3) is 11.4 Å². The molecule has 9 nitrogen and oxygen atoms in total. The van der Waals surface area contributed by atoms with Crippen molar-refractivity contribution in [3.8, 4) is 11.4 Å². The number of anilines is 1. The maximum atomic E-state index is 11.8. The zero-order valence-electron chi connectivity index (χ0n) is 18.1. The first-order valence-corrected chi connectivity index (χ1v) is 12.0. The van der Waals surface area contributed by atoms with Crippen LogP contribution in [0.4, 0.5) is 9.93 Å². The smallest absolute Gasteiger partial charge is 0.404 e. The SMILES string of the molecule is NC(=O)OCc1ccccc1.NSNCCCCCC(=O)Nc1nc(-c2ccccc2)ns1. The first-order chi connectivity index (χ1) is 16.1. The number of hydrogen-bond acceptors (Lipinski definition) is 9. The minimum absolute atomic E-state index is 0.0167. The highest BCUT2D eigenvalue weighted by Gasteiger charge is 2.09. The van der Waals surface area contributed by atoms with Crippen LogP contribution in [0.1, 0.15) is 31.2 Å². The molecule has 1 heterocycles. The molecule has 3 rings (SSSR count). The summed E-state index contributed by atoms with van der Waals surface area (Å²) in [5.41, 5.74) is 6.66. The van der Waals surface area contributed by atoms with Gasteiger partial charge in [0.25, 0.3) is 0 Å². The molecule has 6 N–H and O–H groups in total. The molecule has 176 valence electrons. The minimum Gasteiger partial charge on any atom is -0.445 e. The van der Waals surface area contributed by atoms with Crippen LogP contribution in [0.5, 0.6) is 0 Å². The number of aromatic nitrogens is 2. The average Bonchev–Trinajstić information content (AvgIpc) is 3.30. The predicted molar refractivity (Wildman–Crippen MR) is 133 cm³/mol. The van der Waals surface area contributed by atoms with Gasteiger partial charge in [-0.1, -0.05) is 67.1 Å². The van der Waals surface area contributed by atoms with Crippen LogP contribution in [0.15, 0.2) is 60.7 Å². The fourth-order valence-corrected chi connectivity index (χ4v) is 3.48. The molecule has 11 heteroatoms. The molecule has 1 aromatic heterocycles. The lowest BCUT2D eigenvalue weighted by molar-refractivity contribution is -0.116. The molecule has 0 saturated carbocycles. The van der Waals surface area contributed by atoms with Gasteiger partial charge < -0.3 is 15.8 Å². The van der Waals surface area contributed by atoms with E-state index in [0.717, 1.165) is 49.1 Å². The third kappa shape index (κ3) is 11.4. The second-order valence-corrected chi connectivity index (χ2v) is 8.03. The Balaban J connectivity index is 0.000000294. The Morgan fingerprint density at radius 2 is 1.70 bits per heavy atom. The Labute approximate surface area is 201 Å². The summed E-state index contributed by atoms with van der Waals surface area (Å²) in [5, 5.41) is 8.60. The van der Waals surface area contributed by atoms with Crippen molar-refractivity contribution >= 4 is 40.8 Å². The number of carbonyl (C=O) groups excluding carboxylic acids is 2. The van der Waals surface area contributed by atoms with Crippen molar-refractivity contribution in [1.82, 2.24) is 14.1 Å². The molecule has 0 fully saturated rings. The van der Waals surface area contributed by atoms with Crippen LogP contribution in [0.2, 0.25) is 0 Å². The lowest BCUT2D eigenvalue weighted by atomic mass is 10.2. The Morgan fingerprint density at radius 3 is 2.36 bits per heavy atom. The summed E-state index contributed by atoms with van der Waals surface area (Å²) in [5.74, 6) is 0.628. The lowest BCUT2D eigenvalue weighted by Crippen LogP contribution is -2.12. The number of nitrogens with one attached hydrogen (secondary N) is 2. The van der Waals surface area contributed by atoms with Crippen LogP contribution >= 0.6 is 23.7 Å². The van der Waals surface area contributed by atoms with Gasteiger partial charge in [-0.15, -0.1) is 0 Å². The second-order valence-electron chi connectivity index (χ2n) is 6.75. The molecule has 2 aromatic carbocycles. The number of carbonyl (C=O) groups is 2. The molecule has 2 amide bonds. The Morgan fingerprint density at radius 1 is 1.00 bits per heavy atom. The van der Waals surface area contributed by atoms with Gasteiger partial charge >= 0.3 is 6.09 Å². The molecule has 0 spiro atoms. The summed E-state index contributed by atoms with van der Waals surface area (Å²) in [6.45, 7) is 1.11. The maximum Gasteiger partial charge on any atom is 0.404 e. The minimum atomic E-state index is -0.742. The van der Waals surface area contributed by atoms with Gasteiger partial charge in [-0.3, -0.25) is 14.7 Å². The van der Waals surface area contributed by atoms with E-state index >= 15 is 0 Å². The monoisotopic (exact) mass is 488 g/mol. The first kappa shape index (κ1) is 26.3. The zero-order valence-corrected chi connectivity index (χ0v) is 19.7. The Bertz CT molecular complexity index is 957. The molecule has 0 radical (unpaired) electrons. The molecular weight excluding hydrogens is 460 g/mol. The fraction of sp³-hybridized carbons (Fsp3) is 0.273. The van der Waals surface area contributed by atoms with E-state index in [1.165, 1.54) is 11.5 Å². The van der Waals surface area contributed by atoms with Crippen LogP contribution in [0, 0.1) is 0 Å². The van der Waals surface area contributed by atoms with Gasteiger partial charge in [0.05, 0.1) is 0 Å². The molecule has 3 aromatic rings. The third-order valence-electron chi connectivity index (χ3n) is 4.19. The highest BCUT2D eigenvalue weighted by Crippen LogP contribution is 2.20. The van der Waals surface area contributed by atoms with Crippen molar-refractivity contribution in [3.63, 3.8) is 0 Å². The second kappa shape index (κ2) is 15.8. The van der Waals surface area contributed by atoms with Crippen LogP contribution in [-0.2, 0) is 16.1 Å². The predicted octanol–water partition coefficient (Wildman–Crippen LogP) is 4.10. The van der Waals surface area contributed by atoms with Gasteiger partial charge in [0.1, 0.15) is 6.61 Å². The summed E-state index contributed by atoms with van der Waals surface area (Å²) in [6, 6.07) is 19.1. The van der Waals surface area contributed by atoms with E-state index in [4.69, 9.17) is 10.9 Å². The molecular formula is C22H28N6O3S2. The number of primary amides is 1. The van der Waals surface area contributed by atoms with Crippen molar-refractivity contribution in [2.75, 3.05) is 11.9 Å². The standard InChI is InChI=1S/C14H19N5OS2.C8H9NO2/c15-22-16-10-6-2-5-9-12(20)17-14-18-13(19-21-14)11-7-3-1-4-8-11;9-8(10)11-6-7-4-2-1-3-5-7/h1,3-4,7-8,16H,2,5-6,9-10,15H2,(H,17,18,19,20);1-5H,6H2,(H2,9,10). The topological polar surface area (TPSA) is 145 Å². The van der Waals surface area contributed by atoms with E-state index in [1.54, 1.807) is 0 Å². The molecule has 0 aliphatic carbocycles. The Hall–Kier alpha value is -2.99. The van der Waals surface area contributed by atoms with Crippen LogP contribution in [-0.4, -0.2) is 27.9 Å². The number of nitrogens with zero attached hydrogens (tertiary/aromatic N) is 2. The number of amides is 2. The number of ether oxygens (including phenoxy) is 1. The van der Waals surface area contributed by atoms with Gasteiger partial charge in [-0.2, -0.15) is 9.36 Å². The Kier molecular flexibility index (Phi) is 12.5. The van der Waals surface area contributed by atoms with Crippen molar-refractivity contribution < 1.29 is 14.3 Å². The molecule has 0 aliphatic rings. The third-order valence-corrected chi connectivity index (χ3v) is 5.20. The summed E-state index contributed by atoms with van der Waals surface area (Å²) in [7, 11) is 0. The van der Waals surface area contributed by atoms with Gasteiger partial charge in [0, 0.05) is 42.2 Å². The van der Waals surface area contributed by atoms with E-state index in [1.807, 2.05) is 60.7 Å². The van der Waals surface area contributed by atoms with Gasteiger partial charge in [-0.05, 0) is 18.4 Å². The lowest BCUT2D eigenvalue weighted by Gasteiger charge is -2.02. The van der Waals surface area contributed by atoms with E-state index in [2.05, 4.69) is 24.1 Å². The highest BCUT2D eigenvalue weighted by atomic mass is 32.2. The first-order valence-electron chi connectivity index (χ1n) is 10.3. The number of hydrogen-bond donors (Lipinski definition) is 4. The average molecular weight is 489 g/mol. The van der Waals surface area contributed by atoms with Crippen molar-refractivity contribution in [2.24, 2.45) is 10.9 Å². The molecule has 33 heavy (non-hydrogen) atoms. The molecule has 0 atom stereocenters. The normalized spacial score (nSPS) is 10.1. The van der Waals surface area contributed by atoms with E-state index in [9.17, 15) is 9.59 Å². The maximum absolute atomic E-state index is 11.8. The number of nitrogens with two attached hydrogens (primary N) is 2. The molecule has 0 saturated heterocycles. The van der Waals surface area contributed by atoms with Gasteiger partial charge in [0.15, 0.2) is 5.82 Å². The zero-order chi connectivity index (χ0) is 23.7. The summed E-state index contributed by atoms with van der Waals surface area (Å²) < 4.78 is 11.8. The van der Waals surface area contributed by atoms with Crippen LogP contribution < -0.4 is 20.9 Å². The molecule has 0 aliphatic heterocycles. The summed E-state index contributed by atoms with van der Waals surface area (Å²) in [6.07, 6.45) is 2.61. The summed E-state index contributed by atoms with van der Waals surface area (Å²) in [4.78, 5) is 26.3. The van der Waals surface area contributed by atoms with Gasteiger partial charge in [0.2, 0.25) is 11.0 Å².